The van der Waals surface area contributed by atoms with Crippen LogP contribution in [0.3, 0.4) is 0 Å². The molecule has 2 aromatic rings. The van der Waals surface area contributed by atoms with Gasteiger partial charge in [0, 0.05) is 22.8 Å². The minimum absolute atomic E-state index is 0.905. The zero-order valence-electron chi connectivity index (χ0n) is 24.1. The average molecular weight is 545 g/mol. The molecule has 0 aromatic heterocycles. The van der Waals surface area contributed by atoms with Crippen molar-refractivity contribution >= 4 is 11.4 Å². The van der Waals surface area contributed by atoms with Crippen LogP contribution in [0.5, 0.6) is 0 Å². The summed E-state index contributed by atoms with van der Waals surface area (Å²) in [5, 5.41) is 2.56. The maximum absolute atomic E-state index is 11.4. The van der Waals surface area contributed by atoms with E-state index in [4.69, 9.17) is 0 Å². The standard InChI is InChI=1S/C30H40N2.2C2H5.Ni/c1-4-7-10-11-18-28-23-29(26-19-12-16-24(21-26)14-8-5-2)32(31)30(28)27-20-13-17-25(22-27)15-9-6-3;2*1-2;/h12-13,16-17,19-23H,4-11,14-15,18H2,1-3H3;2*1H2,2H3;. The number of nitrogens with zero attached hydrogens (tertiary/aromatic N) is 2. The molecule has 1 aliphatic rings. The Kier molecular flexibility index (Phi) is 15.4. The van der Waals surface area contributed by atoms with Crippen LogP contribution in [0.25, 0.3) is 16.9 Å². The molecule has 0 saturated heterocycles. The summed E-state index contributed by atoms with van der Waals surface area (Å²) in [6, 6.07) is 17.5. The zero-order valence-corrected chi connectivity index (χ0v) is 25.1. The van der Waals surface area contributed by atoms with Gasteiger partial charge in [-0.05, 0) is 73.9 Å². The number of aryl methyl sites for hydroxylation is 2. The van der Waals surface area contributed by atoms with Gasteiger partial charge in [-0.15, -0.1) is 0 Å². The second kappa shape index (κ2) is 18.3. The zero-order chi connectivity index (χ0) is 26.9. The van der Waals surface area contributed by atoms with E-state index in [1.165, 1.54) is 77.1 Å². The summed E-state index contributed by atoms with van der Waals surface area (Å²) in [5.74, 6) is 0. The predicted molar refractivity (Wildman–Crippen MR) is 158 cm³/mol. The number of hydrogen-bond donors (Lipinski definition) is 0. The van der Waals surface area contributed by atoms with Crippen molar-refractivity contribution < 1.29 is 19.1 Å². The van der Waals surface area contributed by atoms with Crippen LogP contribution in [0, 0.1) is 0 Å². The molecule has 206 valence electrons. The van der Waals surface area contributed by atoms with Gasteiger partial charge in [-0.3, -0.25) is 0 Å². The summed E-state index contributed by atoms with van der Waals surface area (Å²) in [5.41, 5.74) is 19.4. The predicted octanol–water partition coefficient (Wildman–Crippen LogP) is 11.1. The third-order valence-electron chi connectivity index (χ3n) is 6.73. The van der Waals surface area contributed by atoms with E-state index in [0.29, 0.717) is 0 Å². The van der Waals surface area contributed by atoms with Crippen molar-refractivity contribution in [1.82, 2.24) is 0 Å². The normalized spacial score (nSPS) is 13.1. The van der Waals surface area contributed by atoms with Gasteiger partial charge in [0.15, 0.2) is 0 Å². The molecule has 0 amide bonds. The number of allylic oxidation sites excluding steroid dienone is 2. The van der Waals surface area contributed by atoms with Crippen molar-refractivity contribution in [2.75, 3.05) is 0 Å². The molecule has 0 N–H and O–H groups in total. The van der Waals surface area contributed by atoms with Crippen molar-refractivity contribution in [1.29, 1.82) is 0 Å². The first-order valence-electron chi connectivity index (χ1n) is 14.7. The van der Waals surface area contributed by atoms with Crippen LogP contribution in [0.1, 0.15) is 115 Å². The molecule has 0 radical (unpaired) electrons. The fourth-order valence-corrected chi connectivity index (χ4v) is 5.17. The van der Waals surface area contributed by atoms with Crippen molar-refractivity contribution in [2.45, 2.75) is 116 Å². The first kappa shape index (κ1) is 31.2. The monoisotopic (exact) mass is 544 g/mol. The van der Waals surface area contributed by atoms with E-state index in [0.717, 1.165) is 48.2 Å². The summed E-state index contributed by atoms with van der Waals surface area (Å²) < 4.78 is 1.45. The van der Waals surface area contributed by atoms with E-state index in [9.17, 15) is 5.53 Å². The van der Waals surface area contributed by atoms with Crippen molar-refractivity contribution in [3.63, 3.8) is 0 Å². The number of hydrogen-bond acceptors (Lipinski definition) is 0. The molecule has 0 bridgehead atoms. The summed E-state index contributed by atoms with van der Waals surface area (Å²) in [4.78, 5) is 0. The summed E-state index contributed by atoms with van der Waals surface area (Å²) in [7, 11) is 0. The Morgan fingerprint density at radius 3 is 1.76 bits per heavy atom. The molecule has 3 heteroatoms. The third-order valence-corrected chi connectivity index (χ3v) is 7.72. The van der Waals surface area contributed by atoms with Gasteiger partial charge in [0.2, 0.25) is 11.4 Å². The Bertz CT molecular complexity index is 1020. The van der Waals surface area contributed by atoms with E-state index in [-0.39, 0.29) is 0 Å². The van der Waals surface area contributed by atoms with Gasteiger partial charge in [-0.25, -0.2) is 4.70 Å². The second-order valence-corrected chi connectivity index (χ2v) is 11.6. The van der Waals surface area contributed by atoms with E-state index >= 15 is 0 Å². The third kappa shape index (κ3) is 10.4. The Balaban J connectivity index is 0.000000877. The van der Waals surface area contributed by atoms with Gasteiger partial charge in [0.25, 0.3) is 0 Å². The Morgan fingerprint density at radius 2 is 1.22 bits per heavy atom. The van der Waals surface area contributed by atoms with E-state index in [1.807, 2.05) is 14.4 Å². The SMILES string of the molecule is CCCCCCC1=C(c2cccc(CCCC)c2)[N+](=[N-])C(c2cccc(CCCC)c2)=C1.C[CH2][Ni][CH2]C. The first-order chi connectivity index (χ1) is 18.1. The molecular weight excluding hydrogens is 495 g/mol. The van der Waals surface area contributed by atoms with Crippen LogP contribution >= 0.6 is 0 Å². The second-order valence-electron chi connectivity index (χ2n) is 9.74. The number of benzene rings is 2. The molecule has 2 aromatic carbocycles. The fraction of sp³-hybridized carbons (Fsp3) is 0.529. The molecule has 0 fully saturated rings. The maximum atomic E-state index is 11.4. The quantitative estimate of drug-likeness (QED) is 0.121. The molecule has 0 spiro atoms. The van der Waals surface area contributed by atoms with E-state index < -0.39 is 0 Å². The van der Waals surface area contributed by atoms with Gasteiger partial charge < -0.3 is 5.53 Å². The molecular formula is C34H50N2Ni. The van der Waals surface area contributed by atoms with Gasteiger partial charge in [-0.1, -0.05) is 77.1 Å². The molecule has 2 nitrogen and oxygen atoms in total. The van der Waals surface area contributed by atoms with E-state index in [2.05, 4.69) is 89.2 Å². The van der Waals surface area contributed by atoms with Crippen LogP contribution in [-0.4, -0.2) is 4.70 Å². The summed E-state index contributed by atoms with van der Waals surface area (Å²) in [6.07, 6.45) is 15.1. The van der Waals surface area contributed by atoms with Crippen LogP contribution in [0.4, 0.5) is 0 Å². The molecule has 0 unspecified atom stereocenters. The molecule has 0 atom stereocenters. The van der Waals surface area contributed by atoms with Gasteiger partial charge in [0.1, 0.15) is 0 Å². The molecule has 0 aliphatic carbocycles. The summed E-state index contributed by atoms with van der Waals surface area (Å²) >= 11 is 1.82. The van der Waals surface area contributed by atoms with Crippen LogP contribution in [0.2, 0.25) is 10.8 Å². The molecule has 3 rings (SSSR count). The number of unbranched alkanes of at least 4 members (excludes halogenated alkanes) is 5. The Hall–Kier alpha value is -1.99. The van der Waals surface area contributed by atoms with Gasteiger partial charge >= 0.3 is 39.1 Å². The van der Waals surface area contributed by atoms with E-state index in [1.54, 1.807) is 0 Å². The average Bonchev–Trinajstić information content (AvgIpc) is 3.25. The van der Waals surface area contributed by atoms with Crippen LogP contribution in [-0.2, 0) is 27.3 Å². The van der Waals surface area contributed by atoms with Crippen molar-refractivity contribution in [3.05, 3.63) is 88.0 Å². The van der Waals surface area contributed by atoms with Crippen LogP contribution in [0.15, 0.2) is 60.2 Å². The number of rotatable bonds is 15. The molecule has 1 aliphatic heterocycles. The minimum atomic E-state index is 0.905. The topological polar surface area (TPSA) is 25.3 Å². The molecule has 37 heavy (non-hydrogen) atoms. The summed E-state index contributed by atoms with van der Waals surface area (Å²) in [6.45, 7) is 11.1. The Morgan fingerprint density at radius 1 is 0.649 bits per heavy atom. The first-order valence-corrected chi connectivity index (χ1v) is 16.1. The van der Waals surface area contributed by atoms with Crippen LogP contribution < -0.4 is 0 Å². The Labute approximate surface area is 234 Å². The fourth-order valence-electron chi connectivity index (χ4n) is 4.68. The van der Waals surface area contributed by atoms with Gasteiger partial charge in [0.05, 0.1) is 0 Å². The van der Waals surface area contributed by atoms with Crippen molar-refractivity contribution in [2.24, 2.45) is 0 Å². The molecule has 0 saturated carbocycles. The van der Waals surface area contributed by atoms with Crippen molar-refractivity contribution in [3.8, 4) is 0 Å². The van der Waals surface area contributed by atoms with Gasteiger partial charge in [-0.2, -0.15) is 0 Å². The molecule has 1 heterocycles.